The van der Waals surface area contributed by atoms with Crippen molar-refractivity contribution in [2.24, 2.45) is 0 Å². The fourth-order valence-electron chi connectivity index (χ4n) is 5.54. The van der Waals surface area contributed by atoms with E-state index in [1.165, 1.54) is 29.5 Å². The normalized spacial score (nSPS) is 21.6. The molecule has 0 bridgehead atoms. The second kappa shape index (κ2) is 9.03. The van der Waals surface area contributed by atoms with E-state index in [0.29, 0.717) is 25.5 Å². The second-order valence-corrected chi connectivity index (χ2v) is 10.5. The van der Waals surface area contributed by atoms with Gasteiger partial charge in [0.15, 0.2) is 0 Å². The number of rotatable bonds is 5. The summed E-state index contributed by atoms with van der Waals surface area (Å²) in [4.78, 5) is 21.8. The molecule has 5 rings (SSSR count). The molecule has 2 fully saturated rings. The third-order valence-corrected chi connectivity index (χ3v) is 7.58. The van der Waals surface area contributed by atoms with Gasteiger partial charge in [0, 0.05) is 44.0 Å². The highest BCUT2D eigenvalue weighted by Crippen LogP contribution is 2.47. The van der Waals surface area contributed by atoms with Gasteiger partial charge >= 0.3 is 0 Å². The van der Waals surface area contributed by atoms with Gasteiger partial charge in [-0.05, 0) is 73.9 Å². The summed E-state index contributed by atoms with van der Waals surface area (Å²) in [6, 6.07) is 10.7. The zero-order chi connectivity index (χ0) is 23.9. The van der Waals surface area contributed by atoms with Crippen LogP contribution in [0.5, 0.6) is 0 Å². The summed E-state index contributed by atoms with van der Waals surface area (Å²) in [7, 11) is 0. The maximum atomic E-state index is 13.1. The fraction of sp³-hybridized carbons (Fsp3) is 0.536. The van der Waals surface area contributed by atoms with Crippen LogP contribution < -0.4 is 4.90 Å². The monoisotopic (exact) mass is 458 g/mol. The van der Waals surface area contributed by atoms with Crippen LogP contribution in [0.15, 0.2) is 30.5 Å². The van der Waals surface area contributed by atoms with E-state index in [1.54, 1.807) is 6.20 Å². The van der Waals surface area contributed by atoms with Crippen LogP contribution in [0.1, 0.15) is 73.9 Å². The Bertz CT molecular complexity index is 1120. The van der Waals surface area contributed by atoms with Crippen molar-refractivity contribution in [1.82, 2.24) is 9.88 Å². The number of nitriles is 1. The number of amides is 1. The number of carbonyl (C=O) groups is 1. The fourth-order valence-corrected chi connectivity index (χ4v) is 5.54. The number of hydrogen-bond donors (Lipinski definition) is 0. The average molecular weight is 459 g/mol. The minimum atomic E-state index is -0.263. The Labute approximate surface area is 202 Å². The summed E-state index contributed by atoms with van der Waals surface area (Å²) < 4.78 is 6.15. The number of aromatic nitrogens is 1. The lowest BCUT2D eigenvalue weighted by molar-refractivity contribution is -0.133. The van der Waals surface area contributed by atoms with Crippen LogP contribution in [0, 0.1) is 11.3 Å². The van der Waals surface area contributed by atoms with Crippen LogP contribution in [-0.4, -0.2) is 47.1 Å². The van der Waals surface area contributed by atoms with Gasteiger partial charge in [-0.15, -0.1) is 0 Å². The summed E-state index contributed by atoms with van der Waals surface area (Å²) in [6.45, 7) is 9.11. The Balaban J connectivity index is 1.43. The number of nitrogens with zero attached hydrogens (tertiary/aromatic N) is 4. The number of piperazine rings is 1. The Morgan fingerprint density at radius 3 is 2.76 bits per heavy atom. The first-order chi connectivity index (χ1) is 16.4. The van der Waals surface area contributed by atoms with E-state index in [9.17, 15) is 10.1 Å². The smallest absolute Gasteiger partial charge is 0.228 e. The first kappa shape index (κ1) is 22.9. The standard InChI is InChI=1S/C28H34N4O2/c1-4-21-17-31(11-12-32(21)27(33)13-20-7-5-6-10-30-20)26-14-22(19-8-9-19)25-18-34-28(2,3)15-23(25)24(26)16-29/h5-7,10,14,19,21H,4,8-9,11-13,15,17-18H2,1-3H3. The molecule has 1 aromatic carbocycles. The highest BCUT2D eigenvalue weighted by molar-refractivity contribution is 5.79. The molecule has 6 heteroatoms. The summed E-state index contributed by atoms with van der Waals surface area (Å²) in [5.74, 6) is 0.724. The molecule has 1 amide bonds. The highest BCUT2D eigenvalue weighted by Gasteiger charge is 2.37. The van der Waals surface area contributed by atoms with Gasteiger partial charge in [0.05, 0.1) is 29.9 Å². The molecule has 1 aliphatic carbocycles. The van der Waals surface area contributed by atoms with Crippen LogP contribution >= 0.6 is 0 Å². The van der Waals surface area contributed by atoms with Gasteiger partial charge in [0.25, 0.3) is 0 Å². The van der Waals surface area contributed by atoms with Crippen molar-refractivity contribution in [2.45, 2.75) is 77.0 Å². The molecule has 6 nitrogen and oxygen atoms in total. The molecule has 1 saturated carbocycles. The van der Waals surface area contributed by atoms with Gasteiger partial charge < -0.3 is 14.5 Å². The van der Waals surface area contributed by atoms with Crippen molar-refractivity contribution in [3.05, 3.63) is 58.4 Å². The van der Waals surface area contributed by atoms with Crippen LogP contribution in [0.2, 0.25) is 0 Å². The first-order valence-corrected chi connectivity index (χ1v) is 12.6. The van der Waals surface area contributed by atoms with Crippen LogP contribution in [0.3, 0.4) is 0 Å². The topological polar surface area (TPSA) is 69.5 Å². The van der Waals surface area contributed by atoms with E-state index in [2.05, 4.69) is 42.8 Å². The van der Waals surface area contributed by atoms with Crippen molar-refractivity contribution in [2.75, 3.05) is 24.5 Å². The number of carbonyl (C=O) groups excluding carboxylic acids is 1. The van der Waals surface area contributed by atoms with E-state index in [1.807, 2.05) is 23.1 Å². The lowest BCUT2D eigenvalue weighted by atomic mass is 9.84. The van der Waals surface area contributed by atoms with E-state index in [4.69, 9.17) is 4.74 Å². The number of anilines is 1. The lowest BCUT2D eigenvalue weighted by Gasteiger charge is -2.43. The van der Waals surface area contributed by atoms with Gasteiger partial charge in [0.2, 0.25) is 5.91 Å². The van der Waals surface area contributed by atoms with Crippen molar-refractivity contribution in [3.8, 4) is 6.07 Å². The number of benzene rings is 1. The van der Waals surface area contributed by atoms with Crippen LogP contribution in [0.25, 0.3) is 0 Å². The molecule has 1 saturated heterocycles. The van der Waals surface area contributed by atoms with Crippen molar-refractivity contribution in [3.63, 3.8) is 0 Å². The molecule has 2 aliphatic heterocycles. The zero-order valence-electron chi connectivity index (χ0n) is 20.5. The molecule has 1 aromatic heterocycles. The number of pyridine rings is 1. The van der Waals surface area contributed by atoms with Crippen molar-refractivity contribution in [1.29, 1.82) is 5.26 Å². The van der Waals surface area contributed by atoms with Crippen LogP contribution in [0.4, 0.5) is 5.69 Å². The number of ether oxygens (including phenoxy) is 1. The molecule has 1 unspecified atom stereocenters. The molecule has 2 aromatic rings. The van der Waals surface area contributed by atoms with Gasteiger partial charge in [0.1, 0.15) is 6.07 Å². The molecular formula is C28H34N4O2. The molecular weight excluding hydrogens is 424 g/mol. The zero-order valence-corrected chi connectivity index (χ0v) is 20.5. The van der Waals surface area contributed by atoms with Crippen molar-refractivity contribution < 1.29 is 9.53 Å². The molecule has 0 N–H and O–H groups in total. The second-order valence-electron chi connectivity index (χ2n) is 10.5. The molecule has 3 heterocycles. The third-order valence-electron chi connectivity index (χ3n) is 7.58. The molecule has 1 atom stereocenters. The van der Waals surface area contributed by atoms with Gasteiger partial charge in [-0.3, -0.25) is 9.78 Å². The Morgan fingerprint density at radius 2 is 2.09 bits per heavy atom. The molecule has 0 spiro atoms. The lowest BCUT2D eigenvalue weighted by Crippen LogP contribution is -2.55. The molecule has 3 aliphatic rings. The summed E-state index contributed by atoms with van der Waals surface area (Å²) in [5, 5.41) is 10.3. The van der Waals surface area contributed by atoms with Gasteiger partial charge in [-0.25, -0.2) is 0 Å². The summed E-state index contributed by atoms with van der Waals surface area (Å²) in [6.07, 6.45) is 6.15. The van der Waals surface area contributed by atoms with E-state index in [0.717, 1.165) is 42.9 Å². The van der Waals surface area contributed by atoms with E-state index < -0.39 is 0 Å². The minimum absolute atomic E-state index is 0.122. The van der Waals surface area contributed by atoms with Gasteiger partial charge in [-0.1, -0.05) is 13.0 Å². The number of fused-ring (bicyclic) bond motifs is 1. The highest BCUT2D eigenvalue weighted by atomic mass is 16.5. The quantitative estimate of drug-likeness (QED) is 0.666. The summed E-state index contributed by atoms with van der Waals surface area (Å²) in [5.41, 5.74) is 6.21. The van der Waals surface area contributed by atoms with Crippen LogP contribution in [-0.2, 0) is 29.0 Å². The van der Waals surface area contributed by atoms with E-state index >= 15 is 0 Å². The average Bonchev–Trinajstić information content (AvgIpc) is 3.68. The predicted octanol–water partition coefficient (Wildman–Crippen LogP) is 4.35. The third kappa shape index (κ3) is 4.42. The maximum Gasteiger partial charge on any atom is 0.228 e. The van der Waals surface area contributed by atoms with Crippen molar-refractivity contribution >= 4 is 11.6 Å². The molecule has 0 radical (unpaired) electrons. The minimum Gasteiger partial charge on any atom is -0.371 e. The molecule has 178 valence electrons. The predicted molar refractivity (Wildman–Crippen MR) is 132 cm³/mol. The maximum absolute atomic E-state index is 13.1. The number of hydrogen-bond acceptors (Lipinski definition) is 5. The molecule has 34 heavy (non-hydrogen) atoms. The van der Waals surface area contributed by atoms with Gasteiger partial charge in [-0.2, -0.15) is 5.26 Å². The SMILES string of the molecule is CCC1CN(c2cc(C3CC3)c3c(c2C#N)CC(C)(C)OC3)CCN1C(=O)Cc1ccccn1. The largest absolute Gasteiger partial charge is 0.371 e. The summed E-state index contributed by atoms with van der Waals surface area (Å²) >= 11 is 0. The van der Waals surface area contributed by atoms with E-state index in [-0.39, 0.29) is 17.6 Å². The first-order valence-electron chi connectivity index (χ1n) is 12.6. The Morgan fingerprint density at radius 1 is 1.26 bits per heavy atom. The Kier molecular flexibility index (Phi) is 6.07. The Hall–Kier alpha value is -2.91.